The van der Waals surface area contributed by atoms with Gasteiger partial charge >= 0.3 is 5.69 Å². The summed E-state index contributed by atoms with van der Waals surface area (Å²) in [5.41, 5.74) is 2.01. The first-order valence-corrected chi connectivity index (χ1v) is 8.45. The lowest BCUT2D eigenvalue weighted by molar-refractivity contribution is -0.117. The molecule has 0 fully saturated rings. The Morgan fingerprint density at radius 3 is 2.78 bits per heavy atom. The van der Waals surface area contributed by atoms with Crippen molar-refractivity contribution in [2.45, 2.75) is 25.8 Å². The number of ether oxygens (including phenoxy) is 1. The number of carbonyl (C=O) groups excluding carboxylic acids is 1. The van der Waals surface area contributed by atoms with E-state index in [1.54, 1.807) is 19.1 Å². The van der Waals surface area contributed by atoms with E-state index in [1.165, 1.54) is 23.6 Å². The molecule has 1 aliphatic rings. The van der Waals surface area contributed by atoms with Crippen LogP contribution in [0.2, 0.25) is 0 Å². The Bertz CT molecular complexity index is 1120. The van der Waals surface area contributed by atoms with Gasteiger partial charge in [-0.2, -0.15) is 0 Å². The van der Waals surface area contributed by atoms with E-state index in [-0.39, 0.29) is 23.8 Å². The lowest BCUT2D eigenvalue weighted by atomic mass is 9.90. The number of hydrogen-bond acceptors (Lipinski definition) is 5. The van der Waals surface area contributed by atoms with Crippen molar-refractivity contribution in [2.24, 2.45) is 0 Å². The number of halogens is 1. The van der Waals surface area contributed by atoms with Crippen LogP contribution in [0.25, 0.3) is 11.0 Å². The number of nitrogens with one attached hydrogen (secondary N) is 2. The van der Waals surface area contributed by atoms with Crippen LogP contribution in [0.4, 0.5) is 4.39 Å². The second kappa shape index (κ2) is 6.15. The molecular weight excluding hydrogens is 351 g/mol. The topological polar surface area (TPSA) is 101 Å². The number of hydrogen-bond donors (Lipinski definition) is 2. The summed E-state index contributed by atoms with van der Waals surface area (Å²) in [5.74, 6) is -0.955. The van der Waals surface area contributed by atoms with Crippen LogP contribution in [0, 0.1) is 11.2 Å². The van der Waals surface area contributed by atoms with Crippen LogP contribution in [0.3, 0.4) is 0 Å². The fourth-order valence-electron chi connectivity index (χ4n) is 3.68. The largest absolute Gasteiger partial charge is 0.488 e. The van der Waals surface area contributed by atoms with Gasteiger partial charge in [-0.15, -0.1) is 0 Å². The van der Waals surface area contributed by atoms with Gasteiger partial charge in [0, 0.05) is 11.3 Å². The molecule has 0 spiro atoms. The number of rotatable bonds is 4. The Hall–Kier alpha value is -3.29. The Morgan fingerprint density at radius 1 is 1.37 bits per heavy atom. The molecular formula is C19H17FN4O3. The van der Waals surface area contributed by atoms with E-state index >= 15 is 0 Å². The molecule has 3 aromatic rings. The average molecular weight is 368 g/mol. The molecule has 27 heavy (non-hydrogen) atoms. The van der Waals surface area contributed by atoms with E-state index < -0.39 is 17.8 Å². The third kappa shape index (κ3) is 2.64. The minimum atomic E-state index is -0.733. The van der Waals surface area contributed by atoms with Crippen LogP contribution in [-0.4, -0.2) is 32.6 Å². The van der Waals surface area contributed by atoms with E-state index in [1.807, 2.05) is 0 Å². The quantitative estimate of drug-likeness (QED) is 0.691. The van der Waals surface area contributed by atoms with Crippen molar-refractivity contribution in [1.82, 2.24) is 14.5 Å². The van der Waals surface area contributed by atoms with E-state index in [0.29, 0.717) is 28.0 Å². The summed E-state index contributed by atoms with van der Waals surface area (Å²) in [6, 6.07) is 5.69. The monoisotopic (exact) mass is 368 g/mol. The number of benzene rings is 1. The molecule has 7 nitrogen and oxygen atoms in total. The molecule has 138 valence electrons. The van der Waals surface area contributed by atoms with Crippen molar-refractivity contribution in [1.29, 1.82) is 5.41 Å². The summed E-state index contributed by atoms with van der Waals surface area (Å²) in [6.07, 6.45) is 1.10. The first-order chi connectivity index (χ1) is 12.9. The second-order valence-electron chi connectivity index (χ2n) is 6.63. The van der Waals surface area contributed by atoms with Gasteiger partial charge in [0.15, 0.2) is 0 Å². The summed E-state index contributed by atoms with van der Waals surface area (Å²) < 4.78 is 20.7. The third-order valence-electron chi connectivity index (χ3n) is 4.80. The molecule has 0 bridgehead atoms. The molecule has 2 aromatic heterocycles. The number of ketones is 1. The highest BCUT2D eigenvalue weighted by molar-refractivity contribution is 6.08. The highest BCUT2D eigenvalue weighted by Gasteiger charge is 2.32. The maximum absolute atomic E-state index is 13.2. The summed E-state index contributed by atoms with van der Waals surface area (Å²) in [7, 11) is 0. The first-order valence-electron chi connectivity index (χ1n) is 8.45. The van der Waals surface area contributed by atoms with Gasteiger partial charge in [-0.25, -0.2) is 9.18 Å². The second-order valence-corrected chi connectivity index (χ2v) is 6.63. The number of Topliss-reactive ketones (excluding diaryl/α,β-unsaturated/α-hetero) is 1. The number of aromatic nitrogens is 3. The minimum absolute atomic E-state index is 0.108. The molecule has 0 radical (unpaired) electrons. The van der Waals surface area contributed by atoms with Gasteiger partial charge in [-0.05, 0) is 32.0 Å². The Balaban J connectivity index is 1.96. The highest BCUT2D eigenvalue weighted by atomic mass is 19.1. The minimum Gasteiger partial charge on any atom is -0.488 e. The third-order valence-corrected chi connectivity index (χ3v) is 4.80. The molecule has 0 saturated carbocycles. The Labute approximate surface area is 153 Å². The maximum atomic E-state index is 13.2. The fraction of sp³-hybridized carbons (Fsp3) is 0.263. The van der Waals surface area contributed by atoms with Crippen molar-refractivity contribution in [2.75, 3.05) is 6.61 Å². The van der Waals surface area contributed by atoms with E-state index in [9.17, 15) is 14.0 Å². The summed E-state index contributed by atoms with van der Waals surface area (Å²) in [4.78, 5) is 31.6. The van der Waals surface area contributed by atoms with Gasteiger partial charge in [-0.1, -0.05) is 6.07 Å². The van der Waals surface area contributed by atoms with E-state index in [0.717, 1.165) is 6.20 Å². The van der Waals surface area contributed by atoms with E-state index in [2.05, 4.69) is 9.97 Å². The maximum Gasteiger partial charge on any atom is 0.327 e. The van der Waals surface area contributed by atoms with E-state index in [4.69, 9.17) is 10.1 Å². The highest BCUT2D eigenvalue weighted by Crippen LogP contribution is 2.39. The van der Waals surface area contributed by atoms with Crippen LogP contribution < -0.4 is 10.4 Å². The zero-order valence-electron chi connectivity index (χ0n) is 14.7. The lowest BCUT2D eigenvalue weighted by Crippen LogP contribution is -2.32. The Kier molecular flexibility index (Phi) is 3.91. The van der Waals surface area contributed by atoms with Gasteiger partial charge < -0.3 is 15.1 Å². The van der Waals surface area contributed by atoms with Crippen LogP contribution in [-0.2, 0) is 4.79 Å². The molecule has 4 rings (SSSR count). The van der Waals surface area contributed by atoms with Crippen LogP contribution in [0.1, 0.15) is 37.1 Å². The molecule has 2 unspecified atom stereocenters. The molecule has 1 aliphatic heterocycles. The molecule has 1 aromatic carbocycles. The van der Waals surface area contributed by atoms with Gasteiger partial charge in [0.1, 0.15) is 35.5 Å². The van der Waals surface area contributed by atoms with Crippen LogP contribution in [0.5, 0.6) is 5.75 Å². The normalized spacial score (nSPS) is 16.8. The zero-order chi connectivity index (χ0) is 19.3. The van der Waals surface area contributed by atoms with Crippen molar-refractivity contribution in [3.8, 4) is 5.75 Å². The molecule has 3 heterocycles. The van der Waals surface area contributed by atoms with Crippen LogP contribution in [0.15, 0.2) is 35.3 Å². The van der Waals surface area contributed by atoms with Crippen molar-refractivity contribution in [3.63, 3.8) is 0 Å². The fourth-order valence-corrected chi connectivity index (χ4v) is 3.68. The molecule has 0 amide bonds. The summed E-state index contributed by atoms with van der Waals surface area (Å²) in [6.45, 7) is 3.11. The smallest absolute Gasteiger partial charge is 0.327 e. The number of aromatic amines is 1. The SMILES string of the molecule is CC(=N)C(C(C)=O)c1ccc2[nH]c(=O)n3c2c1OCC3c1ccc(F)cn1. The molecule has 8 heteroatoms. The van der Waals surface area contributed by atoms with Gasteiger partial charge in [0.2, 0.25) is 0 Å². The van der Waals surface area contributed by atoms with Crippen molar-refractivity contribution >= 4 is 22.5 Å². The standard InChI is InChI=1S/C19H17FN4O3/c1-9(21)16(10(2)25)12-4-6-14-17-18(12)27-8-15(24(17)19(26)23-14)13-5-3-11(20)7-22-13/h3-7,15-16,21H,8H2,1-2H3,(H,23,26). The van der Waals surface area contributed by atoms with Crippen LogP contribution >= 0.6 is 0 Å². The molecule has 0 saturated heterocycles. The number of pyridine rings is 1. The van der Waals surface area contributed by atoms with Crippen molar-refractivity contribution in [3.05, 3.63) is 58.0 Å². The summed E-state index contributed by atoms with van der Waals surface area (Å²) in [5, 5.41) is 7.97. The average Bonchev–Trinajstić information content (AvgIpc) is 2.95. The number of nitrogens with zero attached hydrogens (tertiary/aromatic N) is 2. The van der Waals surface area contributed by atoms with Crippen molar-refractivity contribution < 1.29 is 13.9 Å². The zero-order valence-corrected chi connectivity index (χ0v) is 14.7. The predicted octanol–water partition coefficient (Wildman–Crippen LogP) is 2.56. The number of H-pyrrole nitrogens is 1. The molecule has 2 atom stereocenters. The summed E-state index contributed by atoms with van der Waals surface area (Å²) >= 11 is 0. The van der Waals surface area contributed by atoms with Gasteiger partial charge in [0.05, 0.1) is 23.3 Å². The van der Waals surface area contributed by atoms with Gasteiger partial charge in [0.25, 0.3) is 0 Å². The lowest BCUT2D eigenvalue weighted by Gasteiger charge is -2.27. The predicted molar refractivity (Wildman–Crippen MR) is 97.2 cm³/mol. The first kappa shape index (κ1) is 17.1. The number of imidazole rings is 1. The molecule has 0 aliphatic carbocycles. The molecule has 2 N–H and O–H groups in total. The Morgan fingerprint density at radius 2 is 2.15 bits per heavy atom. The van der Waals surface area contributed by atoms with Gasteiger partial charge in [-0.3, -0.25) is 14.3 Å². The number of carbonyl (C=O) groups is 1.